The summed E-state index contributed by atoms with van der Waals surface area (Å²) in [5.74, 6) is 3.70. The predicted molar refractivity (Wildman–Crippen MR) is 316 cm³/mol. The van der Waals surface area contributed by atoms with E-state index in [2.05, 4.69) is 108 Å². The predicted octanol–water partition coefficient (Wildman–Crippen LogP) is 19.2. The molecule has 4 aromatic carbocycles. The number of hydrogen-bond acceptors (Lipinski definition) is 7. The Morgan fingerprint density at radius 3 is 1.09 bits per heavy atom. The van der Waals surface area contributed by atoms with Crippen LogP contribution in [0.4, 0.5) is 0 Å². The molecule has 0 saturated carbocycles. The number of allylic oxidation sites excluding steroid dienone is 2. The first-order valence-corrected chi connectivity index (χ1v) is 28.0. The highest BCUT2D eigenvalue weighted by Crippen LogP contribution is 2.24. The third kappa shape index (κ3) is 53.8. The van der Waals surface area contributed by atoms with Crippen LogP contribution in [0.5, 0.6) is 17.2 Å². The van der Waals surface area contributed by atoms with Gasteiger partial charge < -0.3 is 25.5 Å². The molecule has 0 bridgehead atoms. The lowest BCUT2D eigenvalue weighted by molar-refractivity contribution is 0.0438. The summed E-state index contributed by atoms with van der Waals surface area (Å²) < 4.78 is 0. The van der Waals surface area contributed by atoms with Crippen LogP contribution in [0.1, 0.15) is 199 Å². The van der Waals surface area contributed by atoms with Crippen molar-refractivity contribution >= 4 is 21.6 Å². The van der Waals surface area contributed by atoms with Gasteiger partial charge in [0.25, 0.3) is 0 Å². The minimum atomic E-state index is -0.593. The fourth-order valence-electron chi connectivity index (χ4n) is 4.59. The second kappa shape index (κ2) is 45.8. The van der Waals surface area contributed by atoms with Crippen molar-refractivity contribution < 1.29 is 25.5 Å². The standard InChI is InChI=1S/C12H18.3C8H10O.C6H14S2.2C6H14.C4H10O2.C4H8/c1-9-6-10(2)8-11(7-9)12(3,4)5;1-6-3-7(2)5-8(9)4-6;1-6-3-4-8(9)5-7(6)2;1-6-3-4-7(2)8(9)5-6;1-3-5-7-8-6-4-2;1-5-6(2,3)4;1-3-5-6-4-2;1-3(5)4(2)6;1-3-4-2/h6-8H,1-5H3;3*3-5,9H,1-2H3;3-6H2,1-2H3;5H2,1-4H3;3-6H2,1-2H3;3-6H,1-2H3;3-4H,1-2H3/b;;;;;;;;4-3+. The monoisotopic (exact) mass is 997 g/mol. The fraction of sp³-hybridized carbons (Fsp3) is 0.581. The third-order valence-electron chi connectivity index (χ3n) is 9.86. The van der Waals surface area contributed by atoms with E-state index in [1.165, 1.54) is 78.7 Å². The van der Waals surface area contributed by atoms with Gasteiger partial charge in [0.15, 0.2) is 0 Å². The molecule has 2 unspecified atom stereocenters. The first-order chi connectivity index (χ1) is 31.9. The highest BCUT2D eigenvalue weighted by atomic mass is 33.1. The number of benzene rings is 4. The number of aromatic hydroxyl groups is 3. The SMILES string of the molecule is C/C=C/C.CC(O)C(C)O.CCC(C)(C)C.CCCCCC.CCCSSCCC.Cc1cc(C)cc(C(C)(C)C)c1.Cc1cc(C)cc(O)c1.Cc1ccc(C)c(O)c1.Cc1ccc(O)cc1C. The van der Waals surface area contributed by atoms with Gasteiger partial charge in [-0.2, -0.15) is 0 Å². The van der Waals surface area contributed by atoms with E-state index in [0.29, 0.717) is 22.7 Å². The number of phenolic OH excluding ortho intramolecular Hbond substituents is 3. The molecule has 398 valence electrons. The normalized spacial score (nSPS) is 11.0. The minimum absolute atomic E-state index is 0.275. The summed E-state index contributed by atoms with van der Waals surface area (Å²) in [6, 6.07) is 23.3. The number of phenols is 3. The van der Waals surface area contributed by atoms with Crippen molar-refractivity contribution in [3.05, 3.63) is 135 Å². The van der Waals surface area contributed by atoms with Gasteiger partial charge in [0.2, 0.25) is 0 Å². The zero-order valence-corrected chi connectivity index (χ0v) is 50.3. The van der Waals surface area contributed by atoms with Crippen molar-refractivity contribution in [2.24, 2.45) is 5.41 Å². The van der Waals surface area contributed by atoms with Crippen molar-refractivity contribution in [1.82, 2.24) is 0 Å². The largest absolute Gasteiger partial charge is 0.508 e. The molecule has 0 aliphatic carbocycles. The van der Waals surface area contributed by atoms with Gasteiger partial charge in [0.05, 0.1) is 12.2 Å². The number of aryl methyl sites for hydroxylation is 8. The van der Waals surface area contributed by atoms with E-state index in [9.17, 15) is 0 Å². The summed E-state index contributed by atoms with van der Waals surface area (Å²) in [6.45, 7) is 47.8. The lowest BCUT2D eigenvalue weighted by Gasteiger charge is -2.20. The molecule has 0 aromatic heterocycles. The van der Waals surface area contributed by atoms with Gasteiger partial charge in [-0.25, -0.2) is 0 Å². The molecule has 0 fully saturated rings. The van der Waals surface area contributed by atoms with Crippen LogP contribution in [-0.2, 0) is 5.41 Å². The summed E-state index contributed by atoms with van der Waals surface area (Å²) in [6.07, 6.45) is 12.2. The van der Waals surface area contributed by atoms with Gasteiger partial charge in [-0.3, -0.25) is 0 Å². The zero-order chi connectivity index (χ0) is 54.8. The van der Waals surface area contributed by atoms with Crippen molar-refractivity contribution in [3.8, 4) is 17.2 Å². The Balaban J connectivity index is -0.000000226. The number of rotatable bonds is 9. The highest BCUT2D eigenvalue weighted by molar-refractivity contribution is 8.76. The molecule has 4 aromatic rings. The Labute approximate surface area is 435 Å². The van der Waals surface area contributed by atoms with Gasteiger partial charge in [-0.15, -0.1) is 0 Å². The summed E-state index contributed by atoms with van der Waals surface area (Å²) in [5, 5.41) is 43.8. The van der Waals surface area contributed by atoms with Crippen LogP contribution < -0.4 is 0 Å². The Kier molecular flexibility index (Phi) is 49.5. The second-order valence-corrected chi connectivity index (χ2v) is 22.6. The van der Waals surface area contributed by atoms with Gasteiger partial charge in [0, 0.05) is 11.5 Å². The number of unbranched alkanes of at least 4 members (excludes halogenated alkanes) is 3. The summed E-state index contributed by atoms with van der Waals surface area (Å²) in [5.41, 5.74) is 11.6. The molecule has 0 aliphatic heterocycles. The molecule has 0 aliphatic rings. The number of hydrogen-bond donors (Lipinski definition) is 5. The Morgan fingerprint density at radius 2 is 0.841 bits per heavy atom. The van der Waals surface area contributed by atoms with Crippen LogP contribution in [0.2, 0.25) is 0 Å². The molecule has 5 N–H and O–H groups in total. The Hall–Kier alpha value is -3.36. The first-order valence-electron chi connectivity index (χ1n) is 25.5. The van der Waals surface area contributed by atoms with Crippen molar-refractivity contribution in [2.45, 2.75) is 222 Å². The van der Waals surface area contributed by atoms with E-state index >= 15 is 0 Å². The fourth-order valence-corrected chi connectivity index (χ4v) is 6.86. The summed E-state index contributed by atoms with van der Waals surface area (Å²) >= 11 is 0. The summed E-state index contributed by atoms with van der Waals surface area (Å²) in [4.78, 5) is 0. The molecular weight excluding hydrogens is 889 g/mol. The molecule has 0 spiro atoms. The zero-order valence-electron chi connectivity index (χ0n) is 48.7. The molecule has 69 heavy (non-hydrogen) atoms. The van der Waals surface area contributed by atoms with Crippen LogP contribution in [0.3, 0.4) is 0 Å². The molecule has 7 heteroatoms. The smallest absolute Gasteiger partial charge is 0.118 e. The van der Waals surface area contributed by atoms with Crippen LogP contribution in [0.15, 0.2) is 84.9 Å². The second-order valence-electron chi connectivity index (χ2n) is 19.9. The van der Waals surface area contributed by atoms with Crippen LogP contribution in [0.25, 0.3) is 0 Å². The Bertz CT molecular complexity index is 1680. The summed E-state index contributed by atoms with van der Waals surface area (Å²) in [7, 11) is 3.99. The average molecular weight is 998 g/mol. The first kappa shape index (κ1) is 74.6. The molecule has 0 amide bonds. The van der Waals surface area contributed by atoms with E-state index in [1.807, 2.05) is 113 Å². The molecule has 0 saturated heterocycles. The Morgan fingerprint density at radius 1 is 0.464 bits per heavy atom. The van der Waals surface area contributed by atoms with E-state index in [1.54, 1.807) is 44.2 Å². The van der Waals surface area contributed by atoms with Gasteiger partial charge in [-0.05, 0) is 176 Å². The van der Waals surface area contributed by atoms with Gasteiger partial charge in [-0.1, -0.05) is 196 Å². The maximum absolute atomic E-state index is 9.10. The molecule has 2 atom stereocenters. The van der Waals surface area contributed by atoms with Crippen LogP contribution in [0, 0.1) is 60.8 Å². The van der Waals surface area contributed by atoms with E-state index in [-0.39, 0.29) is 5.41 Å². The maximum Gasteiger partial charge on any atom is 0.118 e. The number of aliphatic hydroxyl groups excluding tert-OH is 2. The maximum atomic E-state index is 9.10. The topological polar surface area (TPSA) is 101 Å². The lowest BCUT2D eigenvalue weighted by atomic mass is 9.85. The molecule has 5 nitrogen and oxygen atoms in total. The lowest BCUT2D eigenvalue weighted by Crippen LogP contribution is -2.17. The minimum Gasteiger partial charge on any atom is -0.508 e. The quantitative estimate of drug-likeness (QED) is 0.0647. The van der Waals surface area contributed by atoms with Gasteiger partial charge >= 0.3 is 0 Å². The van der Waals surface area contributed by atoms with Gasteiger partial charge in [0.1, 0.15) is 17.2 Å². The third-order valence-corrected chi connectivity index (χ3v) is 12.7. The van der Waals surface area contributed by atoms with E-state index in [0.717, 1.165) is 27.8 Å². The molecule has 0 heterocycles. The van der Waals surface area contributed by atoms with Crippen molar-refractivity contribution in [1.29, 1.82) is 0 Å². The average Bonchev–Trinajstić information content (AvgIpc) is 3.25. The highest BCUT2D eigenvalue weighted by Gasteiger charge is 2.13. The van der Waals surface area contributed by atoms with Crippen molar-refractivity contribution in [3.63, 3.8) is 0 Å². The van der Waals surface area contributed by atoms with Crippen LogP contribution >= 0.6 is 21.6 Å². The molecule has 0 radical (unpaired) electrons. The van der Waals surface area contributed by atoms with Crippen molar-refractivity contribution in [2.75, 3.05) is 11.5 Å². The molecular formula is C62H108O5S2. The van der Waals surface area contributed by atoms with E-state index in [4.69, 9.17) is 25.5 Å². The van der Waals surface area contributed by atoms with Crippen LogP contribution in [-0.4, -0.2) is 49.2 Å². The molecule has 4 rings (SSSR count). The van der Waals surface area contributed by atoms with E-state index < -0.39 is 12.2 Å². The number of aliphatic hydroxyl groups is 2.